The second kappa shape index (κ2) is 13.1. The first-order chi connectivity index (χ1) is 21.9. The van der Waals surface area contributed by atoms with Crippen LogP contribution in [-0.4, -0.2) is 65.5 Å². The Balaban J connectivity index is 1.10. The van der Waals surface area contributed by atoms with Crippen LogP contribution in [0.5, 0.6) is 0 Å². The molecule has 1 aromatic carbocycles. The van der Waals surface area contributed by atoms with Crippen LogP contribution in [0.25, 0.3) is 21.1 Å². The zero-order valence-corrected chi connectivity index (χ0v) is 27.6. The van der Waals surface area contributed by atoms with Gasteiger partial charge < -0.3 is 9.88 Å². The summed E-state index contributed by atoms with van der Waals surface area (Å²) in [5, 5.41) is 15.1. The third kappa shape index (κ3) is 7.33. The Kier molecular flexibility index (Phi) is 9.31. The highest BCUT2D eigenvalue weighted by Gasteiger charge is 2.30. The Bertz CT molecular complexity index is 1870. The largest absolute Gasteiger partial charge is 0.393 e. The quantitative estimate of drug-likeness (QED) is 0.227. The summed E-state index contributed by atoms with van der Waals surface area (Å²) in [6.45, 7) is 7.66. The van der Waals surface area contributed by atoms with Gasteiger partial charge in [0.15, 0.2) is 0 Å². The summed E-state index contributed by atoms with van der Waals surface area (Å²) in [6.07, 6.45) is -1.46. The van der Waals surface area contributed by atoms with Gasteiger partial charge in [-0.25, -0.2) is 23.1 Å². The number of hydrogen-bond acceptors (Lipinski definition) is 8. The third-order valence-electron chi connectivity index (χ3n) is 9.23. The molecule has 0 amide bonds. The van der Waals surface area contributed by atoms with Gasteiger partial charge in [0, 0.05) is 61.0 Å². The Hall–Kier alpha value is -3.25. The van der Waals surface area contributed by atoms with Gasteiger partial charge >= 0.3 is 6.18 Å². The number of piperidine rings is 1. The molecule has 2 fully saturated rings. The van der Waals surface area contributed by atoms with E-state index in [1.54, 1.807) is 6.07 Å². The number of anilines is 1. The molecule has 5 heterocycles. The average Bonchev–Trinajstić information content (AvgIpc) is 3.58. The van der Waals surface area contributed by atoms with Crippen LogP contribution < -0.4 is 10.0 Å². The van der Waals surface area contributed by atoms with E-state index < -0.39 is 22.6 Å². The predicted octanol–water partition coefficient (Wildman–Crippen LogP) is 5.90. The summed E-state index contributed by atoms with van der Waals surface area (Å²) < 4.78 is 67.3. The molecule has 0 radical (unpaired) electrons. The van der Waals surface area contributed by atoms with E-state index in [0.29, 0.717) is 53.5 Å². The molecule has 2 aliphatic rings. The fraction of sp³-hybridized carbons (Fsp3) is 0.531. The topological polar surface area (TPSA) is 116 Å². The van der Waals surface area contributed by atoms with Crippen molar-refractivity contribution in [3.05, 3.63) is 51.8 Å². The van der Waals surface area contributed by atoms with Crippen molar-refractivity contribution in [2.45, 2.75) is 77.7 Å². The van der Waals surface area contributed by atoms with Gasteiger partial charge in [0.1, 0.15) is 28.2 Å². The molecule has 0 spiro atoms. The van der Waals surface area contributed by atoms with Crippen LogP contribution in [0.2, 0.25) is 0 Å². The maximum atomic E-state index is 13.1. The summed E-state index contributed by atoms with van der Waals surface area (Å²) in [6, 6.07) is 10.3. The van der Waals surface area contributed by atoms with Crippen LogP contribution in [-0.2, 0) is 36.0 Å². The molecule has 0 saturated carbocycles. The molecule has 9 nitrogen and oxygen atoms in total. The normalized spacial score (nSPS) is 19.5. The highest BCUT2D eigenvalue weighted by atomic mass is 32.2. The molecule has 2 aliphatic heterocycles. The lowest BCUT2D eigenvalue weighted by atomic mass is 10.0. The van der Waals surface area contributed by atoms with Crippen molar-refractivity contribution >= 4 is 48.3 Å². The molecule has 3 aromatic heterocycles. The number of alkyl halides is 3. The summed E-state index contributed by atoms with van der Waals surface area (Å²) in [4.78, 5) is 12.4. The first-order valence-electron chi connectivity index (χ1n) is 15.8. The summed E-state index contributed by atoms with van der Waals surface area (Å²) in [5.41, 5.74) is 4.00. The molecule has 1 unspecified atom stereocenters. The van der Waals surface area contributed by atoms with Crippen LogP contribution in [0.15, 0.2) is 24.3 Å². The number of fused-ring (bicyclic) bond motifs is 2. The van der Waals surface area contributed by atoms with E-state index in [0.717, 1.165) is 66.7 Å². The van der Waals surface area contributed by atoms with E-state index >= 15 is 0 Å². The van der Waals surface area contributed by atoms with Gasteiger partial charge in [-0.15, -0.1) is 11.3 Å². The molecule has 6 rings (SSSR count). The van der Waals surface area contributed by atoms with Gasteiger partial charge in [-0.2, -0.15) is 18.4 Å². The lowest BCUT2D eigenvalue weighted by Crippen LogP contribution is -2.39. The Morgan fingerprint density at radius 3 is 2.61 bits per heavy atom. The van der Waals surface area contributed by atoms with Crippen molar-refractivity contribution < 1.29 is 21.6 Å². The molecular weight excluding hydrogens is 636 g/mol. The van der Waals surface area contributed by atoms with Gasteiger partial charge in [-0.05, 0) is 67.9 Å². The second-order valence-corrected chi connectivity index (χ2v) is 15.5. The average molecular weight is 674 g/mol. The number of sulfonamides is 1. The number of halogens is 3. The summed E-state index contributed by atoms with van der Waals surface area (Å²) >= 11 is 1.09. The lowest BCUT2D eigenvalue weighted by Gasteiger charge is -2.33. The van der Waals surface area contributed by atoms with Crippen LogP contribution in [0, 0.1) is 24.2 Å². The van der Waals surface area contributed by atoms with Crippen molar-refractivity contribution in [1.82, 2.24) is 24.2 Å². The predicted molar refractivity (Wildman–Crippen MR) is 174 cm³/mol. The van der Waals surface area contributed by atoms with Crippen molar-refractivity contribution in [2.75, 3.05) is 30.7 Å². The molecule has 0 bridgehead atoms. The van der Waals surface area contributed by atoms with Crippen molar-refractivity contribution in [1.29, 1.82) is 5.26 Å². The van der Waals surface area contributed by atoms with Crippen LogP contribution >= 0.6 is 11.3 Å². The third-order valence-corrected chi connectivity index (χ3v) is 11.6. The first-order valence-corrected chi connectivity index (χ1v) is 18.2. The number of hydrogen-bond donors (Lipinski definition) is 2. The molecule has 2 saturated heterocycles. The van der Waals surface area contributed by atoms with Crippen LogP contribution in [0.3, 0.4) is 0 Å². The smallest absolute Gasteiger partial charge is 0.367 e. The number of aryl methyl sites for hydroxylation is 3. The number of nitrogens with one attached hydrogen (secondary N) is 2. The zero-order valence-electron chi connectivity index (χ0n) is 26.0. The van der Waals surface area contributed by atoms with Gasteiger partial charge in [0.2, 0.25) is 10.0 Å². The van der Waals surface area contributed by atoms with Crippen molar-refractivity contribution in [3.63, 3.8) is 0 Å². The standard InChI is InChI=1S/C32H38F3N7O2S2/c1-3-29-39-30(27-15-25(16-32(33,34)35)45-31(27)40-29)38-23-7-10-41(11-8-23)19-22-4-5-28-26(20(22)2)14-24(17-36)42(28)12-6-21-9-13-46(43,44)37-18-21/h4-5,14-15,21,23,37H,3,6-13,16,18-19H2,1-2H3,(H,38,39,40). The molecule has 0 aliphatic carbocycles. The molecule has 4 aromatic rings. The van der Waals surface area contributed by atoms with E-state index in [4.69, 9.17) is 0 Å². The monoisotopic (exact) mass is 673 g/mol. The van der Waals surface area contributed by atoms with Gasteiger partial charge in [-0.3, -0.25) is 4.90 Å². The minimum Gasteiger partial charge on any atom is -0.367 e. The number of thiophene rings is 1. The summed E-state index contributed by atoms with van der Waals surface area (Å²) in [5.74, 6) is 1.63. The maximum Gasteiger partial charge on any atom is 0.393 e. The molecular formula is C32H38F3N7O2S2. The fourth-order valence-corrected chi connectivity index (χ4v) is 8.92. The molecule has 246 valence electrons. The molecule has 1 atom stereocenters. The van der Waals surface area contributed by atoms with Crippen molar-refractivity contribution in [2.24, 2.45) is 5.92 Å². The van der Waals surface area contributed by atoms with Crippen molar-refractivity contribution in [3.8, 4) is 6.07 Å². The highest BCUT2D eigenvalue weighted by Crippen LogP contribution is 2.34. The second-order valence-electron chi connectivity index (χ2n) is 12.4. The Morgan fingerprint density at radius 2 is 1.93 bits per heavy atom. The first kappa shape index (κ1) is 32.7. The minimum absolute atomic E-state index is 0.149. The Labute approximate surface area is 270 Å². The van der Waals surface area contributed by atoms with E-state index in [9.17, 15) is 26.9 Å². The van der Waals surface area contributed by atoms with Crippen LogP contribution in [0.1, 0.15) is 60.1 Å². The number of nitriles is 1. The molecule has 46 heavy (non-hydrogen) atoms. The molecule has 2 N–H and O–H groups in total. The lowest BCUT2D eigenvalue weighted by molar-refractivity contribution is -0.126. The number of benzene rings is 1. The molecule has 14 heteroatoms. The van der Waals surface area contributed by atoms with Gasteiger partial charge in [0.25, 0.3) is 0 Å². The van der Waals surface area contributed by atoms with Crippen LogP contribution in [0.4, 0.5) is 19.0 Å². The highest BCUT2D eigenvalue weighted by molar-refractivity contribution is 7.89. The van der Waals surface area contributed by atoms with E-state index in [-0.39, 0.29) is 22.6 Å². The number of likely N-dealkylation sites (tertiary alicyclic amines) is 1. The number of nitrogens with zero attached hydrogens (tertiary/aromatic N) is 5. The summed E-state index contributed by atoms with van der Waals surface area (Å²) in [7, 11) is -3.14. The van der Waals surface area contributed by atoms with Gasteiger partial charge in [0.05, 0.1) is 17.6 Å². The Morgan fingerprint density at radius 1 is 1.15 bits per heavy atom. The number of rotatable bonds is 9. The fourth-order valence-electron chi connectivity index (χ4n) is 6.56. The van der Waals surface area contributed by atoms with E-state index in [2.05, 4.69) is 54.6 Å². The SMILES string of the molecule is CCc1nc(NC2CCN(Cc3ccc4c(cc(C#N)n4CCC4CCS(=O)(=O)NC4)c3C)CC2)c2cc(CC(F)(F)F)sc2n1. The minimum atomic E-state index is -4.27. The van der Waals surface area contributed by atoms with Gasteiger partial charge in [-0.1, -0.05) is 13.0 Å². The zero-order chi connectivity index (χ0) is 32.6. The maximum absolute atomic E-state index is 13.1. The van der Waals surface area contributed by atoms with E-state index in [1.807, 2.05) is 13.0 Å². The van der Waals surface area contributed by atoms with E-state index in [1.165, 1.54) is 5.56 Å². The number of aromatic nitrogens is 3.